The SMILES string of the molecule is CCCNC(=O)CN1CCN(c2cnn(Cc3ccccc3)c(=O)c2Cl)CC1. The van der Waals surface area contributed by atoms with Crippen LogP contribution in [0.25, 0.3) is 0 Å². The molecule has 1 aromatic carbocycles. The molecule has 8 heteroatoms. The number of benzene rings is 1. The van der Waals surface area contributed by atoms with Gasteiger partial charge < -0.3 is 10.2 Å². The fourth-order valence-corrected chi connectivity index (χ4v) is 3.48. The van der Waals surface area contributed by atoms with Gasteiger partial charge in [-0.15, -0.1) is 0 Å². The molecule has 7 nitrogen and oxygen atoms in total. The van der Waals surface area contributed by atoms with E-state index in [0.29, 0.717) is 38.4 Å². The number of carbonyl (C=O) groups excluding carboxylic acids is 1. The van der Waals surface area contributed by atoms with Crippen molar-refractivity contribution in [2.45, 2.75) is 19.9 Å². The van der Waals surface area contributed by atoms with Crippen LogP contribution in [0, 0.1) is 0 Å². The van der Waals surface area contributed by atoms with Crippen LogP contribution in [-0.4, -0.2) is 59.9 Å². The minimum atomic E-state index is -0.288. The number of hydrogen-bond acceptors (Lipinski definition) is 5. The molecule has 0 radical (unpaired) electrons. The molecule has 0 unspecified atom stereocenters. The van der Waals surface area contributed by atoms with Crippen LogP contribution in [0.4, 0.5) is 5.69 Å². The Morgan fingerprint density at radius 1 is 1.18 bits per heavy atom. The fraction of sp³-hybridized carbons (Fsp3) is 0.450. The highest BCUT2D eigenvalue weighted by molar-refractivity contribution is 6.33. The van der Waals surface area contributed by atoms with Crippen LogP contribution in [0.2, 0.25) is 5.02 Å². The summed E-state index contributed by atoms with van der Waals surface area (Å²) < 4.78 is 1.38. The van der Waals surface area contributed by atoms with E-state index < -0.39 is 0 Å². The molecule has 2 heterocycles. The van der Waals surface area contributed by atoms with Crippen molar-refractivity contribution in [3.63, 3.8) is 0 Å². The lowest BCUT2D eigenvalue weighted by Crippen LogP contribution is -2.50. The number of aromatic nitrogens is 2. The van der Waals surface area contributed by atoms with Crippen molar-refractivity contribution in [2.24, 2.45) is 0 Å². The Hall–Kier alpha value is -2.38. The van der Waals surface area contributed by atoms with Gasteiger partial charge in [0.2, 0.25) is 5.91 Å². The van der Waals surface area contributed by atoms with Crippen molar-refractivity contribution in [1.82, 2.24) is 20.0 Å². The number of hydrogen-bond donors (Lipinski definition) is 1. The minimum Gasteiger partial charge on any atom is -0.366 e. The molecule has 150 valence electrons. The van der Waals surface area contributed by atoms with Crippen LogP contribution in [0.3, 0.4) is 0 Å². The summed E-state index contributed by atoms with van der Waals surface area (Å²) in [7, 11) is 0. The average molecular weight is 404 g/mol. The van der Waals surface area contributed by atoms with E-state index in [0.717, 1.165) is 25.1 Å². The number of anilines is 1. The summed E-state index contributed by atoms with van der Waals surface area (Å²) in [4.78, 5) is 28.7. The molecule has 0 saturated carbocycles. The largest absolute Gasteiger partial charge is 0.366 e. The van der Waals surface area contributed by atoms with Gasteiger partial charge in [0.15, 0.2) is 0 Å². The van der Waals surface area contributed by atoms with Crippen molar-refractivity contribution < 1.29 is 4.79 Å². The van der Waals surface area contributed by atoms with Crippen LogP contribution in [-0.2, 0) is 11.3 Å². The summed E-state index contributed by atoms with van der Waals surface area (Å²) >= 11 is 6.38. The highest BCUT2D eigenvalue weighted by atomic mass is 35.5. The Morgan fingerprint density at radius 2 is 1.89 bits per heavy atom. The molecule has 0 aliphatic carbocycles. The van der Waals surface area contributed by atoms with Crippen LogP contribution in [0.1, 0.15) is 18.9 Å². The highest BCUT2D eigenvalue weighted by Gasteiger charge is 2.22. The molecule has 0 bridgehead atoms. The van der Waals surface area contributed by atoms with E-state index in [-0.39, 0.29) is 16.5 Å². The summed E-state index contributed by atoms with van der Waals surface area (Å²) in [5.74, 6) is 0.0542. The van der Waals surface area contributed by atoms with Crippen molar-refractivity contribution in [1.29, 1.82) is 0 Å². The Bertz CT molecular complexity index is 847. The number of amides is 1. The first-order chi connectivity index (χ1) is 13.6. The van der Waals surface area contributed by atoms with Gasteiger partial charge in [-0.25, -0.2) is 4.68 Å². The van der Waals surface area contributed by atoms with Gasteiger partial charge in [-0.1, -0.05) is 48.9 Å². The highest BCUT2D eigenvalue weighted by Crippen LogP contribution is 2.22. The Morgan fingerprint density at radius 3 is 2.57 bits per heavy atom. The van der Waals surface area contributed by atoms with Gasteiger partial charge in [0.1, 0.15) is 5.02 Å². The lowest BCUT2D eigenvalue weighted by Gasteiger charge is -2.35. The molecule has 1 N–H and O–H groups in total. The zero-order valence-electron chi connectivity index (χ0n) is 16.1. The molecule has 1 aliphatic rings. The predicted molar refractivity (Wildman–Crippen MR) is 111 cm³/mol. The van der Waals surface area contributed by atoms with Crippen molar-refractivity contribution >= 4 is 23.2 Å². The Labute approximate surface area is 169 Å². The second kappa shape index (κ2) is 9.71. The summed E-state index contributed by atoms with van der Waals surface area (Å²) in [5.41, 5.74) is 1.37. The first-order valence-corrected chi connectivity index (χ1v) is 10.00. The third kappa shape index (κ3) is 5.11. The number of nitrogens with one attached hydrogen (secondary N) is 1. The quantitative estimate of drug-likeness (QED) is 0.760. The maximum Gasteiger partial charge on any atom is 0.287 e. The van der Waals surface area contributed by atoms with E-state index in [1.54, 1.807) is 6.20 Å². The van der Waals surface area contributed by atoms with E-state index in [1.807, 2.05) is 37.3 Å². The molecule has 1 aliphatic heterocycles. The second-order valence-corrected chi connectivity index (χ2v) is 7.28. The van der Waals surface area contributed by atoms with Crippen molar-refractivity contribution in [2.75, 3.05) is 44.2 Å². The zero-order valence-corrected chi connectivity index (χ0v) is 16.9. The molecule has 1 aromatic heterocycles. The van der Waals surface area contributed by atoms with Gasteiger partial charge in [0, 0.05) is 32.7 Å². The molecule has 1 amide bonds. The van der Waals surface area contributed by atoms with Crippen LogP contribution >= 0.6 is 11.6 Å². The standard InChI is InChI=1S/C20H26ClN5O2/c1-2-8-22-18(27)15-24-9-11-25(12-10-24)17-13-23-26(20(28)19(17)21)14-16-6-4-3-5-7-16/h3-7,13H,2,8-12,14-15H2,1H3,(H,22,27). The number of halogens is 1. The zero-order chi connectivity index (χ0) is 19.9. The van der Waals surface area contributed by atoms with Gasteiger partial charge in [0.05, 0.1) is 25.0 Å². The predicted octanol–water partition coefficient (Wildman–Crippen LogP) is 1.59. The lowest BCUT2D eigenvalue weighted by molar-refractivity contribution is -0.122. The van der Waals surface area contributed by atoms with Crippen LogP contribution in [0.5, 0.6) is 0 Å². The Kier molecular flexibility index (Phi) is 7.06. The minimum absolute atomic E-state index is 0.0542. The van der Waals surface area contributed by atoms with E-state index >= 15 is 0 Å². The molecular formula is C20H26ClN5O2. The topological polar surface area (TPSA) is 70.5 Å². The van der Waals surface area contributed by atoms with Crippen molar-refractivity contribution in [3.05, 3.63) is 57.5 Å². The molecule has 1 saturated heterocycles. The van der Waals surface area contributed by atoms with Crippen LogP contribution in [0.15, 0.2) is 41.3 Å². The van der Waals surface area contributed by atoms with E-state index in [9.17, 15) is 9.59 Å². The second-order valence-electron chi connectivity index (χ2n) is 6.91. The van der Waals surface area contributed by atoms with Gasteiger partial charge in [0.25, 0.3) is 5.56 Å². The van der Waals surface area contributed by atoms with Crippen molar-refractivity contribution in [3.8, 4) is 0 Å². The number of nitrogens with zero attached hydrogens (tertiary/aromatic N) is 4. The molecular weight excluding hydrogens is 378 g/mol. The van der Waals surface area contributed by atoms with E-state index in [1.165, 1.54) is 4.68 Å². The van der Waals surface area contributed by atoms with Gasteiger partial charge in [-0.05, 0) is 12.0 Å². The molecule has 28 heavy (non-hydrogen) atoms. The average Bonchev–Trinajstić information content (AvgIpc) is 2.72. The van der Waals surface area contributed by atoms with Gasteiger partial charge in [-0.3, -0.25) is 14.5 Å². The number of piperazine rings is 1. The third-order valence-corrected chi connectivity index (χ3v) is 5.15. The third-order valence-electron chi connectivity index (χ3n) is 4.79. The molecule has 2 aromatic rings. The van der Waals surface area contributed by atoms with E-state index in [4.69, 9.17) is 11.6 Å². The maximum atomic E-state index is 12.6. The fourth-order valence-electron chi connectivity index (χ4n) is 3.22. The first-order valence-electron chi connectivity index (χ1n) is 9.62. The van der Waals surface area contributed by atoms with Crippen LogP contribution < -0.4 is 15.8 Å². The molecule has 1 fully saturated rings. The lowest BCUT2D eigenvalue weighted by atomic mass is 10.2. The molecule has 0 atom stereocenters. The molecule has 0 spiro atoms. The number of rotatable bonds is 7. The molecule has 3 rings (SSSR count). The summed E-state index contributed by atoms with van der Waals surface area (Å²) in [6.07, 6.45) is 2.59. The summed E-state index contributed by atoms with van der Waals surface area (Å²) in [6.45, 7) is 6.41. The normalized spacial score (nSPS) is 14.9. The number of carbonyl (C=O) groups is 1. The van der Waals surface area contributed by atoms with E-state index in [2.05, 4.69) is 20.2 Å². The van der Waals surface area contributed by atoms with Gasteiger partial charge in [-0.2, -0.15) is 5.10 Å². The Balaban J connectivity index is 1.61. The summed E-state index contributed by atoms with van der Waals surface area (Å²) in [6, 6.07) is 9.69. The summed E-state index contributed by atoms with van der Waals surface area (Å²) in [5, 5.41) is 7.40. The van der Waals surface area contributed by atoms with Gasteiger partial charge >= 0.3 is 0 Å². The smallest absolute Gasteiger partial charge is 0.287 e. The maximum absolute atomic E-state index is 12.6. The first kappa shape index (κ1) is 20.4. The monoisotopic (exact) mass is 403 g/mol.